The molecule has 4 nitrogen and oxygen atoms in total. The number of carbonyl (C=O) groups is 1. The molecule has 138 valence electrons. The van der Waals surface area contributed by atoms with Crippen molar-refractivity contribution in [1.29, 1.82) is 0 Å². The van der Waals surface area contributed by atoms with Crippen molar-refractivity contribution in [1.82, 2.24) is 10.6 Å². The Hall–Kier alpha value is -0.610. The van der Waals surface area contributed by atoms with Crippen LogP contribution >= 0.6 is 0 Å². The molecule has 0 radical (unpaired) electrons. The van der Waals surface area contributed by atoms with Gasteiger partial charge in [0, 0.05) is 31.7 Å². The lowest BCUT2D eigenvalue weighted by molar-refractivity contribution is -0.123. The Morgan fingerprint density at radius 1 is 0.792 bits per heavy atom. The lowest BCUT2D eigenvalue weighted by Gasteiger charge is -2.32. The van der Waals surface area contributed by atoms with Gasteiger partial charge in [0.25, 0.3) is 0 Å². The standard InChI is InChI=1S/C20H36N2O2/c23-20(14-16-4-2-1-3-5-16)22-19-8-6-18(7-9-19)21-15-17-10-12-24-13-11-17/h16-19,21H,1-15H2,(H,22,23). The van der Waals surface area contributed by atoms with Crippen LogP contribution in [0.1, 0.15) is 77.0 Å². The molecule has 0 bridgehead atoms. The molecule has 1 saturated heterocycles. The maximum Gasteiger partial charge on any atom is 0.220 e. The highest BCUT2D eigenvalue weighted by Crippen LogP contribution is 2.26. The van der Waals surface area contributed by atoms with E-state index < -0.39 is 0 Å². The molecule has 0 aromatic carbocycles. The normalized spacial score (nSPS) is 30.2. The van der Waals surface area contributed by atoms with Crippen LogP contribution in [0.2, 0.25) is 0 Å². The van der Waals surface area contributed by atoms with E-state index in [2.05, 4.69) is 10.6 Å². The molecule has 0 unspecified atom stereocenters. The number of hydrogen-bond acceptors (Lipinski definition) is 3. The molecule has 0 atom stereocenters. The molecule has 3 rings (SSSR count). The number of rotatable bonds is 6. The Labute approximate surface area is 147 Å². The second kappa shape index (κ2) is 9.76. The first-order valence-corrected chi connectivity index (χ1v) is 10.4. The quantitative estimate of drug-likeness (QED) is 0.781. The predicted octanol–water partition coefficient (Wildman–Crippen LogP) is 3.40. The van der Waals surface area contributed by atoms with E-state index in [9.17, 15) is 4.79 Å². The number of hydrogen-bond donors (Lipinski definition) is 2. The molecule has 0 aromatic rings. The monoisotopic (exact) mass is 336 g/mol. The zero-order valence-electron chi connectivity index (χ0n) is 15.2. The Morgan fingerprint density at radius 2 is 1.46 bits per heavy atom. The lowest BCUT2D eigenvalue weighted by atomic mass is 9.86. The van der Waals surface area contributed by atoms with Crippen LogP contribution in [0.4, 0.5) is 0 Å². The van der Waals surface area contributed by atoms with Gasteiger partial charge in [0.1, 0.15) is 0 Å². The van der Waals surface area contributed by atoms with Crippen molar-refractivity contribution in [2.75, 3.05) is 19.8 Å². The number of amides is 1. The van der Waals surface area contributed by atoms with Gasteiger partial charge in [0.05, 0.1) is 0 Å². The van der Waals surface area contributed by atoms with Crippen LogP contribution in [-0.4, -0.2) is 37.7 Å². The van der Waals surface area contributed by atoms with Crippen LogP contribution in [-0.2, 0) is 9.53 Å². The maximum atomic E-state index is 12.3. The summed E-state index contributed by atoms with van der Waals surface area (Å²) in [5.41, 5.74) is 0. The van der Waals surface area contributed by atoms with Crippen LogP contribution in [0.3, 0.4) is 0 Å². The largest absolute Gasteiger partial charge is 0.381 e. The molecule has 0 spiro atoms. The third-order valence-electron chi connectivity index (χ3n) is 6.33. The molecular weight excluding hydrogens is 300 g/mol. The van der Waals surface area contributed by atoms with Crippen molar-refractivity contribution in [3.63, 3.8) is 0 Å². The summed E-state index contributed by atoms with van der Waals surface area (Å²) < 4.78 is 5.43. The minimum atomic E-state index is 0.306. The molecule has 1 heterocycles. The van der Waals surface area contributed by atoms with Gasteiger partial charge in [0.15, 0.2) is 0 Å². The summed E-state index contributed by atoms with van der Waals surface area (Å²) in [6.45, 7) is 3.02. The second-order valence-corrected chi connectivity index (χ2v) is 8.29. The second-order valence-electron chi connectivity index (χ2n) is 8.29. The first-order chi connectivity index (χ1) is 11.8. The number of nitrogens with one attached hydrogen (secondary N) is 2. The summed E-state index contributed by atoms with van der Waals surface area (Å²) in [4.78, 5) is 12.3. The fraction of sp³-hybridized carbons (Fsp3) is 0.950. The fourth-order valence-electron chi connectivity index (χ4n) is 4.67. The zero-order chi connectivity index (χ0) is 16.6. The van der Waals surface area contributed by atoms with Crippen LogP contribution < -0.4 is 10.6 Å². The first kappa shape index (κ1) is 18.2. The van der Waals surface area contributed by atoms with E-state index in [-0.39, 0.29) is 0 Å². The van der Waals surface area contributed by atoms with Crippen LogP contribution in [0.15, 0.2) is 0 Å². The van der Waals surface area contributed by atoms with Crippen molar-refractivity contribution in [3.05, 3.63) is 0 Å². The predicted molar refractivity (Wildman–Crippen MR) is 96.9 cm³/mol. The van der Waals surface area contributed by atoms with Crippen molar-refractivity contribution >= 4 is 5.91 Å². The summed E-state index contributed by atoms with van der Waals surface area (Å²) in [7, 11) is 0. The average molecular weight is 337 g/mol. The van der Waals surface area contributed by atoms with Crippen molar-refractivity contribution < 1.29 is 9.53 Å². The number of carbonyl (C=O) groups excluding carboxylic acids is 1. The van der Waals surface area contributed by atoms with E-state index in [0.717, 1.165) is 44.9 Å². The van der Waals surface area contributed by atoms with Crippen molar-refractivity contribution in [3.8, 4) is 0 Å². The maximum absolute atomic E-state index is 12.3. The van der Waals surface area contributed by atoms with Crippen molar-refractivity contribution in [2.24, 2.45) is 11.8 Å². The molecule has 24 heavy (non-hydrogen) atoms. The molecule has 3 fully saturated rings. The van der Waals surface area contributed by atoms with Crippen molar-refractivity contribution in [2.45, 2.75) is 89.1 Å². The van der Waals surface area contributed by atoms with Gasteiger partial charge in [-0.2, -0.15) is 0 Å². The van der Waals surface area contributed by atoms with Gasteiger partial charge in [-0.05, 0) is 69.7 Å². The van der Waals surface area contributed by atoms with E-state index in [1.54, 1.807) is 0 Å². The molecule has 3 aliphatic rings. The molecule has 4 heteroatoms. The highest BCUT2D eigenvalue weighted by molar-refractivity contribution is 5.76. The van der Waals surface area contributed by atoms with Gasteiger partial charge in [-0.1, -0.05) is 19.3 Å². The molecule has 1 aliphatic heterocycles. The molecule has 2 N–H and O–H groups in total. The highest BCUT2D eigenvalue weighted by Gasteiger charge is 2.24. The topological polar surface area (TPSA) is 50.4 Å². The van der Waals surface area contributed by atoms with Gasteiger partial charge in [-0.3, -0.25) is 4.79 Å². The van der Waals surface area contributed by atoms with Crippen LogP contribution in [0, 0.1) is 11.8 Å². The van der Waals surface area contributed by atoms with E-state index in [4.69, 9.17) is 4.74 Å². The summed E-state index contributed by atoms with van der Waals surface area (Å²) in [6.07, 6.45) is 14.4. The van der Waals surface area contributed by atoms with Gasteiger partial charge in [-0.25, -0.2) is 0 Å². The Balaban J connectivity index is 1.27. The number of ether oxygens (including phenoxy) is 1. The molecule has 1 amide bonds. The van der Waals surface area contributed by atoms with Gasteiger partial charge >= 0.3 is 0 Å². The third-order valence-corrected chi connectivity index (χ3v) is 6.33. The van der Waals surface area contributed by atoms with E-state index in [0.29, 0.717) is 23.9 Å². The molecule has 2 saturated carbocycles. The molecule has 2 aliphatic carbocycles. The zero-order valence-corrected chi connectivity index (χ0v) is 15.2. The van der Waals surface area contributed by atoms with Gasteiger partial charge < -0.3 is 15.4 Å². The summed E-state index contributed by atoms with van der Waals surface area (Å²) in [5, 5.41) is 7.07. The first-order valence-electron chi connectivity index (χ1n) is 10.4. The van der Waals surface area contributed by atoms with Gasteiger partial charge in [0.2, 0.25) is 5.91 Å². The average Bonchev–Trinajstić information content (AvgIpc) is 2.63. The minimum Gasteiger partial charge on any atom is -0.381 e. The third kappa shape index (κ3) is 6.03. The molecule has 0 aromatic heterocycles. The summed E-state index contributed by atoms with van der Waals surface area (Å²) in [6, 6.07) is 1.07. The smallest absolute Gasteiger partial charge is 0.220 e. The van der Waals surface area contributed by atoms with Crippen LogP contribution in [0.5, 0.6) is 0 Å². The Morgan fingerprint density at radius 3 is 2.17 bits per heavy atom. The lowest BCUT2D eigenvalue weighted by Crippen LogP contribution is -2.43. The van der Waals surface area contributed by atoms with E-state index in [1.807, 2.05) is 0 Å². The van der Waals surface area contributed by atoms with E-state index in [1.165, 1.54) is 57.8 Å². The molecular formula is C20H36N2O2. The SMILES string of the molecule is O=C(CC1CCCCC1)NC1CCC(NCC2CCOCC2)CC1. The Kier molecular flexibility index (Phi) is 7.40. The summed E-state index contributed by atoms with van der Waals surface area (Å²) >= 11 is 0. The minimum absolute atomic E-state index is 0.306. The fourth-order valence-corrected chi connectivity index (χ4v) is 4.67. The van der Waals surface area contributed by atoms with Crippen LogP contribution in [0.25, 0.3) is 0 Å². The Bertz CT molecular complexity index is 368. The van der Waals surface area contributed by atoms with E-state index >= 15 is 0 Å². The van der Waals surface area contributed by atoms with Gasteiger partial charge in [-0.15, -0.1) is 0 Å². The summed E-state index contributed by atoms with van der Waals surface area (Å²) in [5.74, 6) is 1.75. The highest BCUT2D eigenvalue weighted by atomic mass is 16.5.